The lowest BCUT2D eigenvalue weighted by molar-refractivity contribution is 0.241. The van der Waals surface area contributed by atoms with Crippen molar-refractivity contribution < 1.29 is 13.2 Å². The predicted molar refractivity (Wildman–Crippen MR) is 92.7 cm³/mol. The highest BCUT2D eigenvalue weighted by atomic mass is 35.5. The Kier molecular flexibility index (Phi) is 5.41. The van der Waals surface area contributed by atoms with E-state index in [-0.39, 0.29) is 25.2 Å². The van der Waals surface area contributed by atoms with Crippen molar-refractivity contribution in [1.82, 2.24) is 10.6 Å². The van der Waals surface area contributed by atoms with Crippen molar-refractivity contribution in [2.75, 3.05) is 23.7 Å². The molecule has 1 aliphatic rings. The maximum absolute atomic E-state index is 12.1. The average molecular weight is 360 g/mol. The van der Waals surface area contributed by atoms with E-state index >= 15 is 0 Å². The second-order valence-electron chi connectivity index (χ2n) is 5.92. The molecule has 2 rings (SSSR count). The Balaban J connectivity index is 2.10. The largest absolute Gasteiger partial charge is 0.336 e. The first-order chi connectivity index (χ1) is 10.7. The molecule has 0 saturated heterocycles. The van der Waals surface area contributed by atoms with Crippen LogP contribution in [0.1, 0.15) is 24.0 Å². The quantitative estimate of drug-likeness (QED) is 0.817. The van der Waals surface area contributed by atoms with E-state index in [0.717, 1.165) is 30.2 Å². The van der Waals surface area contributed by atoms with E-state index in [0.29, 0.717) is 10.7 Å². The van der Waals surface area contributed by atoms with Crippen LogP contribution in [0.15, 0.2) is 12.1 Å². The number of rotatable bonds is 6. The summed E-state index contributed by atoms with van der Waals surface area (Å²) in [5.41, 5.74) is 2.21. The summed E-state index contributed by atoms with van der Waals surface area (Å²) in [6, 6.07) is 3.60. The molecular formula is C15H22ClN3O3S. The molecule has 0 spiro atoms. The number of nitrogens with one attached hydrogen (secondary N) is 2. The van der Waals surface area contributed by atoms with Crippen molar-refractivity contribution in [2.24, 2.45) is 0 Å². The van der Waals surface area contributed by atoms with Gasteiger partial charge in [-0.1, -0.05) is 17.7 Å². The van der Waals surface area contributed by atoms with Gasteiger partial charge in [0.25, 0.3) is 0 Å². The molecule has 1 aromatic rings. The van der Waals surface area contributed by atoms with E-state index in [1.165, 1.54) is 4.31 Å². The predicted octanol–water partition coefficient (Wildman–Crippen LogP) is 2.18. The summed E-state index contributed by atoms with van der Waals surface area (Å²) in [5.74, 6) is 0. The standard InChI is InChI=1S/C15H22ClN3O3S/c1-10-8-11(2)14(13(16)9-10)19(23(3,21)22)7-6-17-15(20)18-12-4-5-12/h8-9,12H,4-7H2,1-3H3,(H2,17,18,20). The fourth-order valence-corrected chi connectivity index (χ4v) is 3.87. The molecule has 1 fully saturated rings. The minimum Gasteiger partial charge on any atom is -0.336 e. The van der Waals surface area contributed by atoms with Crippen LogP contribution in [-0.4, -0.2) is 39.8 Å². The molecular weight excluding hydrogens is 338 g/mol. The first-order valence-corrected chi connectivity index (χ1v) is 9.70. The molecule has 8 heteroatoms. The molecule has 0 radical (unpaired) electrons. The number of halogens is 1. The summed E-state index contributed by atoms with van der Waals surface area (Å²) >= 11 is 6.25. The van der Waals surface area contributed by atoms with Crippen LogP contribution in [0.2, 0.25) is 5.02 Å². The van der Waals surface area contributed by atoms with Crippen molar-refractivity contribution in [3.63, 3.8) is 0 Å². The molecule has 0 aliphatic heterocycles. The van der Waals surface area contributed by atoms with Crippen LogP contribution in [0.3, 0.4) is 0 Å². The van der Waals surface area contributed by atoms with Crippen LogP contribution < -0.4 is 14.9 Å². The molecule has 2 amide bonds. The molecule has 1 aliphatic carbocycles. The van der Waals surface area contributed by atoms with Crippen molar-refractivity contribution in [3.8, 4) is 0 Å². The third kappa shape index (κ3) is 5.00. The summed E-state index contributed by atoms with van der Waals surface area (Å²) in [5, 5.41) is 5.85. The maximum Gasteiger partial charge on any atom is 0.315 e. The second-order valence-corrected chi connectivity index (χ2v) is 8.24. The molecule has 1 aromatic carbocycles. The maximum atomic E-state index is 12.1. The van der Waals surface area contributed by atoms with Crippen LogP contribution in [0.4, 0.5) is 10.5 Å². The fourth-order valence-electron chi connectivity index (χ4n) is 2.40. The Labute approximate surface area is 142 Å². The molecule has 23 heavy (non-hydrogen) atoms. The van der Waals surface area contributed by atoms with E-state index in [1.807, 2.05) is 19.9 Å². The van der Waals surface area contributed by atoms with Crippen molar-refractivity contribution in [2.45, 2.75) is 32.7 Å². The molecule has 0 aromatic heterocycles. The molecule has 1 saturated carbocycles. The fraction of sp³-hybridized carbons (Fsp3) is 0.533. The third-order valence-corrected chi connectivity index (χ3v) is 5.01. The molecule has 128 valence electrons. The molecule has 0 unspecified atom stereocenters. The Morgan fingerprint density at radius 1 is 1.35 bits per heavy atom. The monoisotopic (exact) mass is 359 g/mol. The first kappa shape index (κ1) is 17.9. The number of nitrogens with zero attached hydrogens (tertiary/aromatic N) is 1. The summed E-state index contributed by atoms with van der Waals surface area (Å²) in [6.07, 6.45) is 3.13. The number of benzene rings is 1. The van der Waals surface area contributed by atoms with Crippen molar-refractivity contribution >= 4 is 33.3 Å². The van der Waals surface area contributed by atoms with E-state index in [2.05, 4.69) is 10.6 Å². The number of aryl methyl sites for hydroxylation is 2. The van der Waals surface area contributed by atoms with E-state index in [4.69, 9.17) is 11.6 Å². The van der Waals surface area contributed by atoms with Crippen LogP contribution in [-0.2, 0) is 10.0 Å². The van der Waals surface area contributed by atoms with Crippen LogP contribution in [0, 0.1) is 13.8 Å². The Morgan fingerprint density at radius 3 is 2.52 bits per heavy atom. The van der Waals surface area contributed by atoms with Gasteiger partial charge in [-0.2, -0.15) is 0 Å². The highest BCUT2D eigenvalue weighted by Gasteiger charge is 2.24. The summed E-state index contributed by atoms with van der Waals surface area (Å²) in [6.45, 7) is 4.05. The van der Waals surface area contributed by atoms with Gasteiger partial charge < -0.3 is 10.6 Å². The second kappa shape index (κ2) is 6.97. The number of urea groups is 1. The zero-order chi connectivity index (χ0) is 17.2. The van der Waals surface area contributed by atoms with Crippen molar-refractivity contribution in [3.05, 3.63) is 28.3 Å². The van der Waals surface area contributed by atoms with Gasteiger partial charge in [-0.3, -0.25) is 4.31 Å². The number of carbonyl (C=O) groups excluding carboxylic acids is 1. The zero-order valence-electron chi connectivity index (χ0n) is 13.5. The molecule has 0 atom stereocenters. The average Bonchev–Trinajstić information content (AvgIpc) is 3.18. The Hall–Kier alpha value is -1.47. The lowest BCUT2D eigenvalue weighted by Gasteiger charge is -2.25. The van der Waals surface area contributed by atoms with Gasteiger partial charge in [-0.15, -0.1) is 0 Å². The van der Waals surface area contributed by atoms with Crippen LogP contribution in [0.5, 0.6) is 0 Å². The van der Waals surface area contributed by atoms with Gasteiger partial charge in [0.2, 0.25) is 10.0 Å². The van der Waals surface area contributed by atoms with Crippen LogP contribution in [0.25, 0.3) is 0 Å². The van der Waals surface area contributed by atoms with E-state index in [9.17, 15) is 13.2 Å². The summed E-state index contributed by atoms with van der Waals surface area (Å²) < 4.78 is 25.5. The lowest BCUT2D eigenvalue weighted by Crippen LogP contribution is -2.42. The van der Waals surface area contributed by atoms with Gasteiger partial charge in [0.15, 0.2) is 0 Å². The molecule has 6 nitrogen and oxygen atoms in total. The lowest BCUT2D eigenvalue weighted by atomic mass is 10.1. The highest BCUT2D eigenvalue weighted by Crippen LogP contribution is 2.32. The van der Waals surface area contributed by atoms with Gasteiger partial charge in [0.1, 0.15) is 0 Å². The van der Waals surface area contributed by atoms with Gasteiger partial charge in [-0.05, 0) is 43.9 Å². The first-order valence-electron chi connectivity index (χ1n) is 7.47. The topological polar surface area (TPSA) is 78.5 Å². The van der Waals surface area contributed by atoms with Gasteiger partial charge in [0.05, 0.1) is 23.5 Å². The number of hydrogen-bond acceptors (Lipinski definition) is 3. The number of carbonyl (C=O) groups is 1. The highest BCUT2D eigenvalue weighted by molar-refractivity contribution is 7.92. The SMILES string of the molecule is Cc1cc(C)c(N(CCNC(=O)NC2CC2)S(C)(=O)=O)c(Cl)c1. The van der Waals surface area contributed by atoms with Gasteiger partial charge in [0, 0.05) is 12.6 Å². The van der Waals surface area contributed by atoms with E-state index < -0.39 is 10.0 Å². The third-order valence-electron chi connectivity index (χ3n) is 3.56. The van der Waals surface area contributed by atoms with Crippen molar-refractivity contribution in [1.29, 1.82) is 0 Å². The summed E-state index contributed by atoms with van der Waals surface area (Å²) in [4.78, 5) is 11.6. The normalized spacial score (nSPS) is 14.4. The van der Waals surface area contributed by atoms with E-state index in [1.54, 1.807) is 6.07 Å². The number of amides is 2. The van der Waals surface area contributed by atoms with Crippen LogP contribution >= 0.6 is 11.6 Å². The Bertz CT molecular complexity index is 679. The Morgan fingerprint density at radius 2 is 2.00 bits per heavy atom. The number of sulfonamides is 1. The molecule has 0 bridgehead atoms. The number of hydrogen-bond donors (Lipinski definition) is 2. The smallest absolute Gasteiger partial charge is 0.315 e. The van der Waals surface area contributed by atoms with Gasteiger partial charge in [-0.25, -0.2) is 13.2 Å². The minimum atomic E-state index is -3.51. The minimum absolute atomic E-state index is 0.126. The number of anilines is 1. The van der Waals surface area contributed by atoms with Gasteiger partial charge >= 0.3 is 6.03 Å². The zero-order valence-corrected chi connectivity index (χ0v) is 15.1. The molecule has 2 N–H and O–H groups in total. The molecule has 0 heterocycles. The summed E-state index contributed by atoms with van der Waals surface area (Å²) in [7, 11) is -3.51.